The number of nitrogens with one attached hydrogen (secondary N) is 1. The van der Waals surface area contributed by atoms with Crippen LogP contribution in [0.1, 0.15) is 54.2 Å². The van der Waals surface area contributed by atoms with Gasteiger partial charge in [0.15, 0.2) is 0 Å². The van der Waals surface area contributed by atoms with Gasteiger partial charge in [0, 0.05) is 27.7 Å². The van der Waals surface area contributed by atoms with Crippen LogP contribution < -0.4 is 0 Å². The molecule has 3 aromatic rings. The SMILES string of the molecule is C[Si](C)OC(c1ccnc(C(=O)c2[nH]c3cc(Cl)ccc3c2CC(=O)O)c1)C(C)(C)C. The summed E-state index contributed by atoms with van der Waals surface area (Å²) in [5, 5.41) is 10.5. The van der Waals surface area contributed by atoms with Crippen molar-refractivity contribution in [3.05, 3.63) is 64.1 Å². The third-order valence-corrected chi connectivity index (χ3v) is 5.82. The van der Waals surface area contributed by atoms with Crippen molar-refractivity contribution in [2.24, 2.45) is 5.41 Å². The maximum atomic E-state index is 13.4. The van der Waals surface area contributed by atoms with Gasteiger partial charge in [-0.2, -0.15) is 0 Å². The Labute approximate surface area is 188 Å². The summed E-state index contributed by atoms with van der Waals surface area (Å²) >= 11 is 6.08. The van der Waals surface area contributed by atoms with Crippen molar-refractivity contribution in [2.45, 2.75) is 46.4 Å². The van der Waals surface area contributed by atoms with Crippen LogP contribution in [0.25, 0.3) is 10.9 Å². The molecule has 0 bridgehead atoms. The molecule has 2 N–H and O–H groups in total. The van der Waals surface area contributed by atoms with Crippen LogP contribution in [0.4, 0.5) is 0 Å². The summed E-state index contributed by atoms with van der Waals surface area (Å²) in [7, 11) is -0.977. The largest absolute Gasteiger partial charge is 0.481 e. The first-order chi connectivity index (χ1) is 14.5. The number of carboxylic acid groups (broad SMARTS) is 1. The summed E-state index contributed by atoms with van der Waals surface area (Å²) in [5.74, 6) is -1.38. The number of ketones is 1. The molecule has 0 amide bonds. The van der Waals surface area contributed by atoms with Gasteiger partial charge in [-0.3, -0.25) is 14.6 Å². The molecule has 0 fully saturated rings. The highest BCUT2D eigenvalue weighted by atomic mass is 35.5. The number of nitrogens with zero attached hydrogens (tertiary/aromatic N) is 1. The molecule has 8 heteroatoms. The van der Waals surface area contributed by atoms with E-state index >= 15 is 0 Å². The molecule has 0 saturated heterocycles. The van der Waals surface area contributed by atoms with Crippen molar-refractivity contribution in [1.82, 2.24) is 9.97 Å². The lowest BCUT2D eigenvalue weighted by molar-refractivity contribution is -0.136. The molecule has 1 radical (unpaired) electrons. The van der Waals surface area contributed by atoms with Crippen molar-refractivity contribution in [3.8, 4) is 0 Å². The number of carbonyl (C=O) groups is 2. The standard InChI is InChI=1S/C23H26ClN2O4Si/c1-23(2,3)22(30-31(4)5)13-8-9-25-18(10-13)21(29)20-16(12-19(27)28)15-7-6-14(24)11-17(15)26-20/h6-11,22,26H,12H2,1-5H3,(H,27,28). The molecule has 2 aromatic heterocycles. The highest BCUT2D eigenvalue weighted by Crippen LogP contribution is 2.37. The Morgan fingerprint density at radius 1 is 1.23 bits per heavy atom. The molecule has 0 spiro atoms. The summed E-state index contributed by atoms with van der Waals surface area (Å²) < 4.78 is 6.24. The van der Waals surface area contributed by atoms with Gasteiger partial charge in [0.05, 0.1) is 18.2 Å². The molecule has 0 aliphatic carbocycles. The van der Waals surface area contributed by atoms with E-state index in [0.717, 1.165) is 5.56 Å². The van der Waals surface area contributed by atoms with E-state index < -0.39 is 15.0 Å². The Kier molecular flexibility index (Phi) is 6.69. The molecule has 0 aliphatic heterocycles. The molecule has 6 nitrogen and oxygen atoms in total. The summed E-state index contributed by atoms with van der Waals surface area (Å²) in [4.78, 5) is 32.2. The minimum absolute atomic E-state index is 0.171. The van der Waals surface area contributed by atoms with E-state index in [2.05, 4.69) is 43.8 Å². The number of aromatic nitrogens is 2. The van der Waals surface area contributed by atoms with Crippen molar-refractivity contribution in [2.75, 3.05) is 0 Å². The van der Waals surface area contributed by atoms with Gasteiger partial charge in [-0.25, -0.2) is 0 Å². The fourth-order valence-electron chi connectivity index (χ4n) is 3.60. The van der Waals surface area contributed by atoms with Gasteiger partial charge in [0.1, 0.15) is 5.69 Å². The van der Waals surface area contributed by atoms with Crippen LogP contribution in [0.2, 0.25) is 18.1 Å². The van der Waals surface area contributed by atoms with E-state index in [0.29, 0.717) is 21.5 Å². The number of H-pyrrole nitrogens is 1. The fourth-order valence-corrected chi connectivity index (χ4v) is 4.73. The molecular formula is C23H26ClN2O4Si. The van der Waals surface area contributed by atoms with Crippen LogP contribution >= 0.6 is 11.6 Å². The number of rotatable bonds is 7. The Morgan fingerprint density at radius 3 is 2.55 bits per heavy atom. The topological polar surface area (TPSA) is 92.3 Å². The number of hydrogen-bond acceptors (Lipinski definition) is 4. The van der Waals surface area contributed by atoms with Crippen molar-refractivity contribution < 1.29 is 19.1 Å². The smallest absolute Gasteiger partial charge is 0.307 e. The fraction of sp³-hybridized carbons (Fsp3) is 0.348. The average molecular weight is 458 g/mol. The second-order valence-corrected chi connectivity index (χ2v) is 11.3. The van der Waals surface area contributed by atoms with Crippen LogP contribution in [0.5, 0.6) is 0 Å². The Hall–Kier alpha value is -2.48. The van der Waals surface area contributed by atoms with E-state index in [1.165, 1.54) is 0 Å². The number of fused-ring (bicyclic) bond motifs is 1. The number of carbonyl (C=O) groups excluding carboxylic acids is 1. The lowest BCUT2D eigenvalue weighted by Gasteiger charge is -2.32. The lowest BCUT2D eigenvalue weighted by atomic mass is 9.85. The van der Waals surface area contributed by atoms with E-state index in [9.17, 15) is 14.7 Å². The normalized spacial score (nSPS) is 13.0. The first-order valence-corrected chi connectivity index (χ1v) is 12.8. The number of carboxylic acids is 1. The quantitative estimate of drug-likeness (QED) is 0.364. The molecule has 0 aliphatic rings. The van der Waals surface area contributed by atoms with Crippen LogP contribution in [-0.4, -0.2) is 35.9 Å². The van der Waals surface area contributed by atoms with Gasteiger partial charge in [-0.15, -0.1) is 0 Å². The van der Waals surface area contributed by atoms with Gasteiger partial charge in [-0.1, -0.05) is 38.4 Å². The van der Waals surface area contributed by atoms with Gasteiger partial charge in [0.2, 0.25) is 14.8 Å². The number of aromatic amines is 1. The highest BCUT2D eigenvalue weighted by molar-refractivity contribution is 6.48. The number of pyridine rings is 1. The van der Waals surface area contributed by atoms with Gasteiger partial charge in [-0.05, 0) is 48.3 Å². The third kappa shape index (κ3) is 5.23. The maximum Gasteiger partial charge on any atom is 0.307 e. The molecule has 163 valence electrons. The van der Waals surface area contributed by atoms with E-state index in [1.54, 1.807) is 30.5 Å². The molecule has 3 rings (SSSR count). The van der Waals surface area contributed by atoms with Gasteiger partial charge in [0.25, 0.3) is 0 Å². The first kappa shape index (κ1) is 23.2. The number of aliphatic carboxylic acids is 1. The first-order valence-electron chi connectivity index (χ1n) is 9.96. The molecule has 1 unspecified atom stereocenters. The highest BCUT2D eigenvalue weighted by Gasteiger charge is 2.29. The van der Waals surface area contributed by atoms with Crippen LogP contribution in [0.15, 0.2) is 36.5 Å². The lowest BCUT2D eigenvalue weighted by Crippen LogP contribution is -2.26. The summed E-state index contributed by atoms with van der Waals surface area (Å²) in [6.07, 6.45) is 1.12. The van der Waals surface area contributed by atoms with Crippen LogP contribution in [0, 0.1) is 5.41 Å². The average Bonchev–Trinajstić information content (AvgIpc) is 3.01. The predicted molar refractivity (Wildman–Crippen MR) is 123 cm³/mol. The van der Waals surface area contributed by atoms with Crippen LogP contribution in [0.3, 0.4) is 0 Å². The minimum atomic E-state index is -1.02. The molecule has 1 atom stereocenters. The third-order valence-electron chi connectivity index (χ3n) is 4.88. The van der Waals surface area contributed by atoms with Crippen molar-refractivity contribution >= 4 is 43.3 Å². The number of halogens is 1. The van der Waals surface area contributed by atoms with Crippen LogP contribution in [-0.2, 0) is 15.6 Å². The Morgan fingerprint density at radius 2 is 1.94 bits per heavy atom. The predicted octanol–water partition coefficient (Wildman–Crippen LogP) is 5.43. The second-order valence-electron chi connectivity index (χ2n) is 8.81. The number of hydrogen-bond donors (Lipinski definition) is 2. The zero-order valence-electron chi connectivity index (χ0n) is 18.2. The summed E-state index contributed by atoms with van der Waals surface area (Å²) in [6, 6.07) is 8.68. The Bertz CT molecular complexity index is 1130. The zero-order valence-corrected chi connectivity index (χ0v) is 20.0. The maximum absolute atomic E-state index is 13.4. The van der Waals surface area contributed by atoms with Crippen molar-refractivity contribution in [3.63, 3.8) is 0 Å². The summed E-state index contributed by atoms with van der Waals surface area (Å²) in [6.45, 7) is 10.4. The molecule has 0 saturated carbocycles. The van der Waals surface area contributed by atoms with Gasteiger partial charge < -0.3 is 14.5 Å². The monoisotopic (exact) mass is 457 g/mol. The van der Waals surface area contributed by atoms with E-state index in [-0.39, 0.29) is 35.1 Å². The molecular weight excluding hydrogens is 432 g/mol. The van der Waals surface area contributed by atoms with Crippen molar-refractivity contribution in [1.29, 1.82) is 0 Å². The van der Waals surface area contributed by atoms with E-state index in [4.69, 9.17) is 16.0 Å². The Balaban J connectivity index is 2.08. The number of benzene rings is 1. The minimum Gasteiger partial charge on any atom is -0.481 e. The van der Waals surface area contributed by atoms with Gasteiger partial charge >= 0.3 is 5.97 Å². The molecule has 2 heterocycles. The summed E-state index contributed by atoms with van der Waals surface area (Å²) in [5.41, 5.74) is 2.19. The second kappa shape index (κ2) is 8.94. The molecule has 31 heavy (non-hydrogen) atoms. The van der Waals surface area contributed by atoms with E-state index in [1.807, 2.05) is 6.07 Å². The molecule has 1 aromatic carbocycles. The zero-order chi connectivity index (χ0) is 22.9.